The molecule has 28 heavy (non-hydrogen) atoms. The molecule has 0 unspecified atom stereocenters. The summed E-state index contributed by atoms with van der Waals surface area (Å²) in [6, 6.07) is 5.68. The molecule has 2 aromatic rings. The van der Waals surface area contributed by atoms with Crippen LogP contribution in [0.1, 0.15) is 43.5 Å². The summed E-state index contributed by atoms with van der Waals surface area (Å²) in [6.07, 6.45) is 0.445. The molecule has 0 atom stereocenters. The lowest BCUT2D eigenvalue weighted by Crippen LogP contribution is -2.39. The molecule has 1 aliphatic rings. The molecule has 2 heterocycles. The van der Waals surface area contributed by atoms with Crippen molar-refractivity contribution in [2.24, 2.45) is 0 Å². The van der Waals surface area contributed by atoms with Gasteiger partial charge in [0, 0.05) is 23.1 Å². The Morgan fingerprint density at radius 2 is 2.11 bits per heavy atom. The van der Waals surface area contributed by atoms with Crippen LogP contribution in [0.25, 0.3) is 0 Å². The minimum absolute atomic E-state index is 0.142. The molecule has 0 bridgehead atoms. The van der Waals surface area contributed by atoms with Gasteiger partial charge in [0.05, 0.1) is 24.4 Å². The highest BCUT2D eigenvalue weighted by Gasteiger charge is 2.27. The number of anilines is 1. The number of nitrogens with zero attached hydrogens (tertiary/aromatic N) is 2. The van der Waals surface area contributed by atoms with E-state index in [0.717, 1.165) is 27.1 Å². The number of hydrogen-bond donors (Lipinski definition) is 2. The van der Waals surface area contributed by atoms with Gasteiger partial charge in [-0.25, -0.2) is 9.78 Å². The summed E-state index contributed by atoms with van der Waals surface area (Å²) >= 11 is 3.46. The number of carbonyl (C=O) groups is 2. The first-order valence-corrected chi connectivity index (χ1v) is 10.0. The predicted molar refractivity (Wildman–Crippen MR) is 110 cm³/mol. The molecule has 2 N–H and O–H groups in total. The van der Waals surface area contributed by atoms with Gasteiger partial charge in [0.2, 0.25) is 5.91 Å². The van der Waals surface area contributed by atoms with Crippen LogP contribution in [0, 0.1) is 6.92 Å². The summed E-state index contributed by atoms with van der Waals surface area (Å²) in [5.74, 6) is 0.456. The predicted octanol–water partition coefficient (Wildman–Crippen LogP) is 3.96. The molecule has 7 nitrogen and oxygen atoms in total. The van der Waals surface area contributed by atoms with E-state index in [9.17, 15) is 9.59 Å². The van der Waals surface area contributed by atoms with E-state index in [2.05, 4.69) is 31.2 Å². The first-order valence-electron chi connectivity index (χ1n) is 9.22. The molecule has 0 spiro atoms. The van der Waals surface area contributed by atoms with Crippen molar-refractivity contribution < 1.29 is 14.3 Å². The average Bonchev–Trinajstić information content (AvgIpc) is 2.98. The van der Waals surface area contributed by atoms with E-state index in [1.807, 2.05) is 45.9 Å². The first kappa shape index (κ1) is 20.4. The second-order valence-electron chi connectivity index (χ2n) is 7.90. The Hall–Kier alpha value is -2.35. The summed E-state index contributed by atoms with van der Waals surface area (Å²) in [7, 11) is 0. The Morgan fingerprint density at radius 3 is 2.82 bits per heavy atom. The zero-order valence-electron chi connectivity index (χ0n) is 16.6. The van der Waals surface area contributed by atoms with E-state index in [0.29, 0.717) is 25.3 Å². The van der Waals surface area contributed by atoms with Crippen molar-refractivity contribution in [3.05, 3.63) is 45.4 Å². The van der Waals surface area contributed by atoms with Crippen LogP contribution in [0.15, 0.2) is 22.7 Å². The Morgan fingerprint density at radius 1 is 1.36 bits per heavy atom. The molecule has 1 aromatic carbocycles. The van der Waals surface area contributed by atoms with E-state index in [-0.39, 0.29) is 18.4 Å². The highest BCUT2D eigenvalue weighted by Crippen LogP contribution is 2.24. The van der Waals surface area contributed by atoms with Crippen molar-refractivity contribution in [3.8, 4) is 0 Å². The molecule has 1 aliphatic heterocycles. The Bertz CT molecular complexity index is 901. The topological polar surface area (TPSA) is 87.3 Å². The van der Waals surface area contributed by atoms with Crippen LogP contribution >= 0.6 is 15.9 Å². The maximum absolute atomic E-state index is 12.4. The summed E-state index contributed by atoms with van der Waals surface area (Å²) in [6.45, 7) is 8.44. The number of carbonyl (C=O) groups excluding carboxylic acids is 2. The number of halogens is 1. The van der Waals surface area contributed by atoms with Gasteiger partial charge in [-0.15, -0.1) is 0 Å². The van der Waals surface area contributed by atoms with Gasteiger partial charge in [-0.2, -0.15) is 0 Å². The molecule has 3 rings (SSSR count). The van der Waals surface area contributed by atoms with Gasteiger partial charge in [0.15, 0.2) is 0 Å². The van der Waals surface area contributed by atoms with Gasteiger partial charge in [-0.05, 0) is 45.4 Å². The monoisotopic (exact) mass is 448 g/mol. The number of hydrogen-bond acceptors (Lipinski definition) is 4. The van der Waals surface area contributed by atoms with Crippen molar-refractivity contribution in [1.82, 2.24) is 14.9 Å². The summed E-state index contributed by atoms with van der Waals surface area (Å²) in [5, 5.41) is 2.92. The number of benzene rings is 1. The third kappa shape index (κ3) is 4.92. The third-order valence-corrected chi connectivity index (χ3v) is 5.26. The van der Waals surface area contributed by atoms with E-state index in [1.54, 1.807) is 4.90 Å². The molecular formula is C20H25BrN4O3. The van der Waals surface area contributed by atoms with Crippen LogP contribution in [0.5, 0.6) is 0 Å². The summed E-state index contributed by atoms with van der Waals surface area (Å²) in [5.41, 5.74) is 2.98. The van der Waals surface area contributed by atoms with Crippen LogP contribution in [0.4, 0.5) is 10.5 Å². The number of fused-ring (bicyclic) bond motifs is 1. The molecule has 0 saturated carbocycles. The van der Waals surface area contributed by atoms with E-state index in [1.165, 1.54) is 0 Å². The smallest absolute Gasteiger partial charge is 0.410 e. The number of nitrogens with one attached hydrogen (secondary N) is 2. The number of ether oxygens (including phenoxy) is 1. The summed E-state index contributed by atoms with van der Waals surface area (Å²) in [4.78, 5) is 34.1. The zero-order chi connectivity index (χ0) is 20.5. The van der Waals surface area contributed by atoms with Gasteiger partial charge in [-0.1, -0.05) is 22.0 Å². The molecule has 2 amide bonds. The molecule has 0 radical (unpaired) electrons. The molecular weight excluding hydrogens is 424 g/mol. The molecule has 150 valence electrons. The zero-order valence-corrected chi connectivity index (χ0v) is 18.1. The number of aromatic amines is 1. The van der Waals surface area contributed by atoms with Crippen LogP contribution in [0.2, 0.25) is 0 Å². The third-order valence-electron chi connectivity index (χ3n) is 4.40. The number of aromatic nitrogens is 2. The fourth-order valence-corrected chi connectivity index (χ4v) is 3.37. The standard InChI is InChI=1S/C20H25BrN4O3/c1-12-13(21)6-5-7-14(12)24-18(26)10-17-22-15-8-9-25(11-16(15)23-17)19(27)28-20(2,3)4/h5-7H,8-11H2,1-4H3,(H,22,23)(H,24,26). The molecule has 8 heteroatoms. The highest BCUT2D eigenvalue weighted by atomic mass is 79.9. The normalized spacial score (nSPS) is 13.8. The number of imidazole rings is 1. The van der Waals surface area contributed by atoms with E-state index >= 15 is 0 Å². The SMILES string of the molecule is Cc1c(Br)cccc1NC(=O)Cc1nc2c([nH]1)CN(C(=O)OC(C)(C)C)CC2. The van der Waals surface area contributed by atoms with Gasteiger partial charge in [0.25, 0.3) is 0 Å². The fraction of sp³-hybridized carbons (Fsp3) is 0.450. The second-order valence-corrected chi connectivity index (χ2v) is 8.75. The minimum Gasteiger partial charge on any atom is -0.444 e. The molecule has 0 aliphatic carbocycles. The van der Waals surface area contributed by atoms with Gasteiger partial charge < -0.3 is 19.9 Å². The Labute approximate surface area is 173 Å². The molecule has 1 aromatic heterocycles. The van der Waals surface area contributed by atoms with Gasteiger partial charge in [0.1, 0.15) is 11.4 Å². The van der Waals surface area contributed by atoms with Crippen molar-refractivity contribution in [3.63, 3.8) is 0 Å². The van der Waals surface area contributed by atoms with Crippen LogP contribution in [-0.4, -0.2) is 39.0 Å². The van der Waals surface area contributed by atoms with Gasteiger partial charge >= 0.3 is 6.09 Å². The largest absolute Gasteiger partial charge is 0.444 e. The molecule has 0 saturated heterocycles. The Balaban J connectivity index is 1.63. The van der Waals surface area contributed by atoms with E-state index in [4.69, 9.17) is 4.74 Å². The first-order chi connectivity index (χ1) is 13.1. The van der Waals surface area contributed by atoms with Crippen LogP contribution < -0.4 is 5.32 Å². The van der Waals surface area contributed by atoms with Crippen LogP contribution in [-0.2, 0) is 28.9 Å². The van der Waals surface area contributed by atoms with E-state index < -0.39 is 5.60 Å². The van der Waals surface area contributed by atoms with Crippen LogP contribution in [0.3, 0.4) is 0 Å². The lowest BCUT2D eigenvalue weighted by atomic mass is 10.1. The van der Waals surface area contributed by atoms with Crippen molar-refractivity contribution in [2.75, 3.05) is 11.9 Å². The quantitative estimate of drug-likeness (QED) is 0.743. The van der Waals surface area contributed by atoms with Crippen molar-refractivity contribution in [1.29, 1.82) is 0 Å². The Kier molecular flexibility index (Phi) is 5.79. The second kappa shape index (κ2) is 7.95. The average molecular weight is 449 g/mol. The number of rotatable bonds is 3. The minimum atomic E-state index is -0.529. The highest BCUT2D eigenvalue weighted by molar-refractivity contribution is 9.10. The summed E-state index contributed by atoms with van der Waals surface area (Å²) < 4.78 is 6.38. The maximum atomic E-state index is 12.4. The number of H-pyrrole nitrogens is 1. The van der Waals surface area contributed by atoms with Gasteiger partial charge in [-0.3, -0.25) is 4.79 Å². The lowest BCUT2D eigenvalue weighted by Gasteiger charge is -2.29. The fourth-order valence-electron chi connectivity index (χ4n) is 3.01. The number of amides is 2. The van der Waals surface area contributed by atoms with Crippen molar-refractivity contribution in [2.45, 2.75) is 52.7 Å². The molecule has 0 fully saturated rings. The van der Waals surface area contributed by atoms with Crippen molar-refractivity contribution >= 4 is 33.6 Å². The lowest BCUT2D eigenvalue weighted by molar-refractivity contribution is -0.115. The maximum Gasteiger partial charge on any atom is 0.410 e.